The summed E-state index contributed by atoms with van der Waals surface area (Å²) in [6.07, 6.45) is 11.3. The van der Waals surface area contributed by atoms with E-state index in [9.17, 15) is 9.59 Å². The van der Waals surface area contributed by atoms with Crippen LogP contribution < -0.4 is 10.6 Å². The van der Waals surface area contributed by atoms with Crippen LogP contribution in [0.5, 0.6) is 0 Å². The molecule has 2 radical (unpaired) electrons. The summed E-state index contributed by atoms with van der Waals surface area (Å²) in [5.41, 5.74) is 3.22. The molecular weight excluding hydrogens is 399 g/mol. The maximum atomic E-state index is 13.1. The third-order valence-corrected chi connectivity index (χ3v) is 7.09. The summed E-state index contributed by atoms with van der Waals surface area (Å²) in [6.45, 7) is 6.33. The molecule has 2 fully saturated rings. The fourth-order valence-electron chi connectivity index (χ4n) is 5.40. The average molecular weight is 434 g/mol. The molecule has 6 nitrogen and oxygen atoms in total. The molecule has 2 aromatic rings. The van der Waals surface area contributed by atoms with Crippen molar-refractivity contribution in [3.8, 4) is 0 Å². The van der Waals surface area contributed by atoms with E-state index in [-0.39, 0.29) is 5.91 Å². The molecule has 4 rings (SSSR count). The lowest BCUT2D eigenvalue weighted by Gasteiger charge is -2.26. The molecule has 0 bridgehead atoms. The van der Waals surface area contributed by atoms with Gasteiger partial charge in [0.1, 0.15) is 6.04 Å². The average Bonchev–Trinajstić information content (AvgIpc) is 3.41. The summed E-state index contributed by atoms with van der Waals surface area (Å²) < 4.78 is 2.25. The van der Waals surface area contributed by atoms with Crippen molar-refractivity contribution in [3.05, 3.63) is 30.0 Å². The largest absolute Gasteiger partial charge is 0.354 e. The van der Waals surface area contributed by atoms with Gasteiger partial charge in [0.15, 0.2) is 5.81 Å². The number of nitrogens with one attached hydrogen (secondary N) is 2. The van der Waals surface area contributed by atoms with Crippen molar-refractivity contribution >= 4 is 36.2 Å². The van der Waals surface area contributed by atoms with Crippen LogP contribution in [0.15, 0.2) is 24.4 Å². The van der Waals surface area contributed by atoms with Crippen molar-refractivity contribution < 1.29 is 9.59 Å². The molecule has 1 aromatic heterocycles. The van der Waals surface area contributed by atoms with Crippen LogP contribution in [0, 0.1) is 5.92 Å². The highest BCUT2D eigenvalue weighted by Gasteiger charge is 2.25. The van der Waals surface area contributed by atoms with Crippen molar-refractivity contribution in [3.63, 3.8) is 0 Å². The molecule has 2 aliphatic rings. The highest BCUT2D eigenvalue weighted by Crippen LogP contribution is 2.29. The number of hydrogen-bond acceptors (Lipinski definition) is 3. The van der Waals surface area contributed by atoms with Crippen molar-refractivity contribution in [2.75, 3.05) is 18.4 Å². The van der Waals surface area contributed by atoms with Gasteiger partial charge >= 0.3 is 0 Å². The number of aromatic nitrogens is 1. The minimum atomic E-state index is -0.650. The number of hydrogen-bond donors (Lipinski definition) is 2. The van der Waals surface area contributed by atoms with Gasteiger partial charge in [0, 0.05) is 30.4 Å². The predicted octanol–water partition coefficient (Wildman–Crippen LogP) is 4.41. The fourth-order valence-corrected chi connectivity index (χ4v) is 5.40. The van der Waals surface area contributed by atoms with Gasteiger partial charge < -0.3 is 15.2 Å². The summed E-state index contributed by atoms with van der Waals surface area (Å²) in [5.74, 6) is -0.386. The maximum absolute atomic E-state index is 13.1. The lowest BCUT2D eigenvalue weighted by atomic mass is 9.84. The molecule has 0 spiro atoms. The van der Waals surface area contributed by atoms with Crippen LogP contribution in [0.2, 0.25) is 0 Å². The molecule has 1 aliphatic carbocycles. The van der Waals surface area contributed by atoms with E-state index >= 15 is 0 Å². The number of aryl methyl sites for hydroxylation is 1. The minimum Gasteiger partial charge on any atom is -0.354 e. The molecule has 2 N–H and O–H groups in total. The van der Waals surface area contributed by atoms with E-state index in [1.54, 1.807) is 0 Å². The Morgan fingerprint density at radius 2 is 1.88 bits per heavy atom. The highest BCUT2D eigenvalue weighted by atomic mass is 16.2. The second kappa shape index (κ2) is 10.6. The Morgan fingerprint density at radius 1 is 1.12 bits per heavy atom. The Kier molecular flexibility index (Phi) is 7.56. The molecule has 32 heavy (non-hydrogen) atoms. The number of benzene rings is 1. The zero-order valence-corrected chi connectivity index (χ0v) is 19.2. The smallest absolute Gasteiger partial charge is 0.246 e. The van der Waals surface area contributed by atoms with Crippen molar-refractivity contribution in [1.29, 1.82) is 0 Å². The molecular formula is C25H35BN4O2. The number of carbonyl (C=O) groups excluding carboxylic acids is 2. The molecule has 1 aromatic carbocycles. The maximum Gasteiger partial charge on any atom is 0.246 e. The van der Waals surface area contributed by atoms with Gasteiger partial charge in [-0.05, 0) is 62.9 Å². The first kappa shape index (κ1) is 22.9. The van der Waals surface area contributed by atoms with E-state index in [4.69, 9.17) is 7.85 Å². The topological polar surface area (TPSA) is 66.4 Å². The standard InChI is InChI=1S/C25H35BN4O2/c1-2-30-17-19(16-29-12-6-7-13-29)21-11-10-20(15-23(21)30)27-24(31)22(28-25(26)32)14-18-8-4-3-5-9-18/h10-11,15,17-18,22H,2-9,12-14,16H2,1H3,(H,27,31)(H,28,32)/t22-/m0/s1. The zero-order valence-electron chi connectivity index (χ0n) is 19.2. The van der Waals surface area contributed by atoms with Crippen LogP contribution in [0.4, 0.5) is 10.5 Å². The lowest BCUT2D eigenvalue weighted by Crippen LogP contribution is -2.44. The third-order valence-electron chi connectivity index (χ3n) is 7.09. The van der Waals surface area contributed by atoms with Crippen LogP contribution >= 0.6 is 0 Å². The molecule has 1 saturated heterocycles. The number of rotatable bonds is 8. The molecule has 1 saturated carbocycles. The van der Waals surface area contributed by atoms with Gasteiger partial charge in [-0.1, -0.05) is 38.2 Å². The summed E-state index contributed by atoms with van der Waals surface area (Å²) in [5, 5.41) is 6.94. The Balaban J connectivity index is 1.50. The Bertz CT molecular complexity index is 945. The van der Waals surface area contributed by atoms with Gasteiger partial charge in [-0.25, -0.2) is 0 Å². The number of fused-ring (bicyclic) bond motifs is 1. The van der Waals surface area contributed by atoms with Crippen LogP contribution in [0.25, 0.3) is 10.9 Å². The monoisotopic (exact) mass is 434 g/mol. The van der Waals surface area contributed by atoms with E-state index in [1.807, 2.05) is 12.1 Å². The quantitative estimate of drug-likeness (QED) is 0.605. The third kappa shape index (κ3) is 5.55. The first-order chi connectivity index (χ1) is 15.5. The number of anilines is 1. The molecule has 2 amide bonds. The van der Waals surface area contributed by atoms with E-state index in [1.165, 1.54) is 56.1 Å². The van der Waals surface area contributed by atoms with Gasteiger partial charge in [-0.2, -0.15) is 0 Å². The number of carbonyl (C=O) groups is 2. The second-order valence-electron chi connectivity index (χ2n) is 9.45. The Hall–Kier alpha value is -2.28. The number of nitrogens with zero attached hydrogens (tertiary/aromatic N) is 2. The van der Waals surface area contributed by atoms with Gasteiger partial charge in [-0.15, -0.1) is 0 Å². The van der Waals surface area contributed by atoms with Crippen LogP contribution in [0.1, 0.15) is 63.9 Å². The summed E-state index contributed by atoms with van der Waals surface area (Å²) in [7, 11) is 5.37. The van der Waals surface area contributed by atoms with Gasteiger partial charge in [-0.3, -0.25) is 14.5 Å². The van der Waals surface area contributed by atoms with E-state index in [0.717, 1.165) is 37.1 Å². The number of likely N-dealkylation sites (tertiary alicyclic amines) is 1. The normalized spacial score (nSPS) is 18.7. The molecule has 1 aliphatic heterocycles. The van der Waals surface area contributed by atoms with Crippen LogP contribution in [0.3, 0.4) is 0 Å². The van der Waals surface area contributed by atoms with Crippen LogP contribution in [-0.4, -0.2) is 48.2 Å². The van der Waals surface area contributed by atoms with Crippen molar-refractivity contribution in [1.82, 2.24) is 14.8 Å². The highest BCUT2D eigenvalue weighted by molar-refractivity contribution is 6.57. The van der Waals surface area contributed by atoms with E-state index in [2.05, 4.69) is 39.3 Å². The molecule has 1 atom stereocenters. The molecule has 7 heteroatoms. The fraction of sp³-hybridized carbons (Fsp3) is 0.600. The Morgan fingerprint density at radius 3 is 2.56 bits per heavy atom. The number of amides is 2. The first-order valence-corrected chi connectivity index (χ1v) is 12.2. The van der Waals surface area contributed by atoms with Crippen LogP contribution in [-0.2, 0) is 17.9 Å². The van der Waals surface area contributed by atoms with Gasteiger partial charge in [0.25, 0.3) is 0 Å². The summed E-state index contributed by atoms with van der Waals surface area (Å²) >= 11 is 0. The first-order valence-electron chi connectivity index (χ1n) is 12.2. The molecule has 0 unspecified atom stereocenters. The molecule has 170 valence electrons. The summed E-state index contributed by atoms with van der Waals surface area (Å²) in [6, 6.07) is 5.53. The SMILES string of the molecule is [B]C(=O)N[C@@H](CC1CCCCC1)C(=O)Nc1ccc2c(CN3CCCC3)cn(CC)c2c1. The van der Waals surface area contributed by atoms with Gasteiger partial charge in [0.2, 0.25) is 13.8 Å². The lowest BCUT2D eigenvalue weighted by molar-refractivity contribution is -0.118. The molecule has 2 heterocycles. The summed E-state index contributed by atoms with van der Waals surface area (Å²) in [4.78, 5) is 27.1. The zero-order chi connectivity index (χ0) is 22.5. The van der Waals surface area contributed by atoms with Crippen molar-refractivity contribution in [2.45, 2.75) is 77.4 Å². The minimum absolute atomic E-state index is 0.194. The predicted molar refractivity (Wildman–Crippen MR) is 130 cm³/mol. The Labute approximate surface area is 192 Å². The van der Waals surface area contributed by atoms with E-state index < -0.39 is 11.8 Å². The van der Waals surface area contributed by atoms with Crippen molar-refractivity contribution in [2.24, 2.45) is 5.92 Å². The second-order valence-corrected chi connectivity index (χ2v) is 9.45. The van der Waals surface area contributed by atoms with Gasteiger partial charge in [0.05, 0.1) is 5.52 Å². The van der Waals surface area contributed by atoms with E-state index in [0.29, 0.717) is 12.3 Å².